The zero-order valence-electron chi connectivity index (χ0n) is 22.1. The fraction of sp³-hybridized carbons (Fsp3) is 0.0303. The van der Waals surface area contributed by atoms with Gasteiger partial charge in [0.15, 0.2) is 10.9 Å². The second-order valence-electron chi connectivity index (χ2n) is 10.1. The number of hydrogen-bond donors (Lipinski definition) is 2. The van der Waals surface area contributed by atoms with Crippen LogP contribution in [0.2, 0.25) is 0 Å². The first-order chi connectivity index (χ1) is 20.7. The fourth-order valence-electron chi connectivity index (χ4n) is 5.77. The highest BCUT2D eigenvalue weighted by atomic mass is 16.7. The summed E-state index contributed by atoms with van der Waals surface area (Å²) < 4.78 is 6.11. The number of ether oxygens (including phenoxy) is 1. The molecule has 1 aliphatic heterocycles. The zero-order valence-corrected chi connectivity index (χ0v) is 22.1. The van der Waals surface area contributed by atoms with Gasteiger partial charge in [-0.25, -0.2) is 15.1 Å². The SMILES string of the molecule is O=[N+]([O-])N1C(Oc2ccccc2)=NC(c2cccc3c2[nH]c2ccccc23)=NC1c1cccc2c1[nH]c1ccccc12. The van der Waals surface area contributed by atoms with E-state index in [-0.39, 0.29) is 6.02 Å². The van der Waals surface area contributed by atoms with Crippen LogP contribution in [0.15, 0.2) is 125 Å². The lowest BCUT2D eigenvalue weighted by atomic mass is 10.1. The highest BCUT2D eigenvalue weighted by Gasteiger charge is 2.40. The summed E-state index contributed by atoms with van der Waals surface area (Å²) in [5.41, 5.74) is 4.87. The van der Waals surface area contributed by atoms with E-state index in [1.807, 2.05) is 84.9 Å². The minimum atomic E-state index is -1.07. The summed E-state index contributed by atoms with van der Waals surface area (Å²) in [6.45, 7) is 0. The van der Waals surface area contributed by atoms with Gasteiger partial charge in [-0.15, -0.1) is 0 Å². The number of hydrazine groups is 1. The molecule has 0 radical (unpaired) electrons. The number of benzene rings is 5. The predicted octanol–water partition coefficient (Wildman–Crippen LogP) is 7.34. The van der Waals surface area contributed by atoms with Crippen molar-refractivity contribution in [1.82, 2.24) is 15.0 Å². The van der Waals surface area contributed by atoms with Crippen LogP contribution in [0.3, 0.4) is 0 Å². The van der Waals surface area contributed by atoms with Crippen LogP contribution in [0, 0.1) is 10.1 Å². The lowest BCUT2D eigenvalue weighted by molar-refractivity contribution is -0.642. The Morgan fingerprint density at radius 2 is 1.29 bits per heavy atom. The van der Waals surface area contributed by atoms with Gasteiger partial charge in [0.05, 0.1) is 11.0 Å². The Kier molecular flexibility index (Phi) is 5.29. The van der Waals surface area contributed by atoms with Gasteiger partial charge in [-0.3, -0.25) is 0 Å². The van der Waals surface area contributed by atoms with Crippen molar-refractivity contribution in [1.29, 1.82) is 0 Å². The molecule has 5 aromatic carbocycles. The third kappa shape index (κ3) is 3.71. The number of hydrogen-bond acceptors (Lipinski definition) is 5. The lowest BCUT2D eigenvalue weighted by Crippen LogP contribution is -2.45. The monoisotopic (exact) mass is 550 g/mol. The van der Waals surface area contributed by atoms with E-state index < -0.39 is 11.2 Å². The molecule has 0 saturated carbocycles. The van der Waals surface area contributed by atoms with Crippen LogP contribution in [0.1, 0.15) is 17.3 Å². The normalized spacial score (nSPS) is 15.3. The quantitative estimate of drug-likeness (QED) is 0.176. The standard InChI is InChI=1S/C33H22N6O3/c40-39(41)38-32(26-17-9-15-24-22-13-5-7-19-28(22)35-30(24)26)36-31(37-33(38)42-20-10-2-1-3-11-20)25-16-8-14-23-21-12-4-6-18-27(21)34-29(23)25/h1-19,32,34-35H. The van der Waals surface area contributed by atoms with E-state index in [4.69, 9.17) is 9.73 Å². The van der Waals surface area contributed by atoms with Gasteiger partial charge in [-0.2, -0.15) is 4.99 Å². The second kappa shape index (κ2) is 9.31. The molecular formula is C33H22N6O3. The minimum Gasteiger partial charge on any atom is -0.422 e. The predicted molar refractivity (Wildman–Crippen MR) is 164 cm³/mol. The smallest absolute Gasteiger partial charge is 0.362 e. The minimum absolute atomic E-state index is 0.178. The van der Waals surface area contributed by atoms with Crippen molar-refractivity contribution in [3.05, 3.63) is 137 Å². The van der Waals surface area contributed by atoms with E-state index in [2.05, 4.69) is 21.0 Å². The van der Waals surface area contributed by atoms with Gasteiger partial charge < -0.3 is 14.7 Å². The van der Waals surface area contributed by atoms with Gasteiger partial charge in [0.2, 0.25) is 6.17 Å². The van der Waals surface area contributed by atoms with Crippen LogP contribution in [0.4, 0.5) is 0 Å². The van der Waals surface area contributed by atoms with E-state index in [0.29, 0.717) is 17.1 Å². The van der Waals surface area contributed by atoms with E-state index in [1.165, 1.54) is 0 Å². The summed E-state index contributed by atoms with van der Waals surface area (Å²) in [6, 6.07) is 36.4. The molecule has 1 aliphatic rings. The largest absolute Gasteiger partial charge is 0.422 e. The van der Waals surface area contributed by atoms with E-state index in [1.54, 1.807) is 24.3 Å². The van der Waals surface area contributed by atoms with E-state index in [0.717, 1.165) is 54.2 Å². The molecule has 9 nitrogen and oxygen atoms in total. The second-order valence-corrected chi connectivity index (χ2v) is 10.1. The van der Waals surface area contributed by atoms with Crippen LogP contribution < -0.4 is 4.74 Å². The van der Waals surface area contributed by atoms with Gasteiger partial charge >= 0.3 is 6.02 Å². The Balaban J connectivity index is 1.38. The summed E-state index contributed by atoms with van der Waals surface area (Å²) in [5.74, 6) is 0.755. The molecule has 0 saturated heterocycles. The lowest BCUT2D eigenvalue weighted by Gasteiger charge is -2.26. The number of aromatic nitrogens is 2. The van der Waals surface area contributed by atoms with E-state index >= 15 is 0 Å². The van der Waals surface area contributed by atoms with Crippen molar-refractivity contribution in [3.63, 3.8) is 0 Å². The number of aliphatic imine (C=N–C) groups is 2. The maximum atomic E-state index is 12.7. The summed E-state index contributed by atoms with van der Waals surface area (Å²) in [4.78, 5) is 29.3. The Morgan fingerprint density at radius 1 is 0.690 bits per heavy atom. The molecule has 8 rings (SSSR count). The Bertz CT molecular complexity index is 2230. The van der Waals surface area contributed by atoms with Crippen LogP contribution in [-0.4, -0.2) is 31.9 Å². The zero-order chi connectivity index (χ0) is 28.2. The number of nitrogens with zero attached hydrogens (tertiary/aromatic N) is 4. The summed E-state index contributed by atoms with van der Waals surface area (Å²) in [5, 5.41) is 17.1. The molecule has 1 atom stereocenters. The molecule has 0 bridgehead atoms. The highest BCUT2D eigenvalue weighted by molar-refractivity contribution is 6.18. The van der Waals surface area contributed by atoms with Crippen molar-refractivity contribution < 1.29 is 9.77 Å². The number of amidine groups is 2. The summed E-state index contributed by atoms with van der Waals surface area (Å²) in [7, 11) is 0. The van der Waals surface area contributed by atoms with Crippen molar-refractivity contribution >= 4 is 55.5 Å². The highest BCUT2D eigenvalue weighted by Crippen LogP contribution is 2.37. The first kappa shape index (κ1) is 23.9. The van der Waals surface area contributed by atoms with Gasteiger partial charge in [-0.1, -0.05) is 84.9 Å². The van der Waals surface area contributed by atoms with Gasteiger partial charge in [0.1, 0.15) is 5.75 Å². The topological polar surface area (TPSA) is 112 Å². The molecule has 7 aromatic rings. The average Bonchev–Trinajstić information content (AvgIpc) is 3.60. The number of fused-ring (bicyclic) bond motifs is 6. The molecule has 0 aliphatic carbocycles. The molecule has 2 aromatic heterocycles. The van der Waals surface area contributed by atoms with Gasteiger partial charge in [-0.05, 0) is 35.3 Å². The fourth-order valence-corrected chi connectivity index (χ4v) is 5.77. The van der Waals surface area contributed by atoms with Crippen molar-refractivity contribution in [3.8, 4) is 5.75 Å². The molecule has 2 N–H and O–H groups in total. The first-order valence-corrected chi connectivity index (χ1v) is 13.5. The molecule has 0 fully saturated rings. The molecule has 42 heavy (non-hydrogen) atoms. The molecule has 0 amide bonds. The average molecular weight is 551 g/mol. The molecule has 3 heterocycles. The van der Waals surface area contributed by atoms with Gasteiger partial charge in [0.25, 0.3) is 0 Å². The first-order valence-electron chi connectivity index (χ1n) is 13.5. The van der Waals surface area contributed by atoms with Crippen molar-refractivity contribution in [2.45, 2.75) is 6.17 Å². The molecule has 202 valence electrons. The number of nitrogens with one attached hydrogen (secondary N) is 2. The Labute approximate surface area is 238 Å². The Hall–Kier alpha value is -5.96. The molecule has 1 unspecified atom stereocenters. The maximum Gasteiger partial charge on any atom is 0.362 e. The van der Waals surface area contributed by atoms with Crippen LogP contribution in [-0.2, 0) is 0 Å². The maximum absolute atomic E-state index is 12.7. The number of rotatable bonds is 4. The van der Waals surface area contributed by atoms with Gasteiger partial charge in [0, 0.05) is 43.7 Å². The number of para-hydroxylation sites is 5. The number of nitro groups is 1. The van der Waals surface area contributed by atoms with Crippen LogP contribution >= 0.6 is 0 Å². The van der Waals surface area contributed by atoms with Crippen molar-refractivity contribution in [2.24, 2.45) is 9.98 Å². The molecular weight excluding hydrogens is 528 g/mol. The number of H-pyrrole nitrogens is 2. The Morgan fingerprint density at radius 3 is 2.00 bits per heavy atom. The molecule has 9 heteroatoms. The number of aromatic amines is 2. The van der Waals surface area contributed by atoms with Crippen LogP contribution in [0.25, 0.3) is 43.6 Å². The summed E-state index contributed by atoms with van der Waals surface area (Å²) in [6.07, 6.45) is -1.07. The summed E-state index contributed by atoms with van der Waals surface area (Å²) >= 11 is 0. The van der Waals surface area contributed by atoms with Crippen LogP contribution in [0.5, 0.6) is 5.75 Å². The van der Waals surface area contributed by atoms with E-state index in [9.17, 15) is 10.1 Å². The van der Waals surface area contributed by atoms with Crippen molar-refractivity contribution in [2.75, 3.05) is 0 Å². The molecule has 0 spiro atoms. The third-order valence-electron chi connectivity index (χ3n) is 7.64. The third-order valence-corrected chi connectivity index (χ3v) is 7.64.